The Labute approximate surface area is 200 Å². The van der Waals surface area contributed by atoms with Crippen molar-refractivity contribution in [1.82, 2.24) is 9.97 Å². The fourth-order valence-corrected chi connectivity index (χ4v) is 3.88. The van der Waals surface area contributed by atoms with Gasteiger partial charge in [0.1, 0.15) is 23.0 Å². The van der Waals surface area contributed by atoms with Gasteiger partial charge in [0.15, 0.2) is 0 Å². The van der Waals surface area contributed by atoms with E-state index in [0.29, 0.717) is 0 Å². The molecule has 0 N–H and O–H groups in total. The Kier molecular flexibility index (Phi) is 6.68. The van der Waals surface area contributed by atoms with E-state index in [-0.39, 0.29) is 0 Å². The van der Waals surface area contributed by atoms with Crippen molar-refractivity contribution in [1.29, 1.82) is 0 Å². The number of pyridine rings is 2. The number of aromatic nitrogens is 2. The fraction of sp³-hybridized carbons (Fsp3) is 0.214. The molecule has 0 unspecified atom stereocenters. The summed E-state index contributed by atoms with van der Waals surface area (Å²) in [6.07, 6.45) is 0. The van der Waals surface area contributed by atoms with Crippen molar-refractivity contribution in [3.05, 3.63) is 72.1 Å². The van der Waals surface area contributed by atoms with E-state index in [0.717, 1.165) is 68.0 Å². The molecule has 6 nitrogen and oxygen atoms in total. The van der Waals surface area contributed by atoms with Crippen LogP contribution < -0.4 is 18.9 Å². The maximum Gasteiger partial charge on any atom is 0.123 e. The Hall–Kier alpha value is -4.06. The predicted molar refractivity (Wildman–Crippen MR) is 134 cm³/mol. The topological polar surface area (TPSA) is 62.7 Å². The molecule has 4 rings (SSSR count). The van der Waals surface area contributed by atoms with Crippen molar-refractivity contribution in [3.8, 4) is 56.6 Å². The molecular weight excluding hydrogens is 428 g/mol. The molecule has 2 aromatic carbocycles. The van der Waals surface area contributed by atoms with Gasteiger partial charge in [-0.05, 0) is 84.6 Å². The lowest BCUT2D eigenvalue weighted by molar-refractivity contribution is 0.394. The highest BCUT2D eigenvalue weighted by molar-refractivity contribution is 5.75. The minimum atomic E-state index is 0.730. The first-order chi connectivity index (χ1) is 16.4. The molecule has 0 amide bonds. The molecule has 0 saturated heterocycles. The third-order valence-corrected chi connectivity index (χ3v) is 5.54. The molecule has 34 heavy (non-hydrogen) atoms. The van der Waals surface area contributed by atoms with Crippen LogP contribution in [0.25, 0.3) is 33.6 Å². The molecule has 0 atom stereocenters. The normalized spacial score (nSPS) is 10.6. The highest BCUT2D eigenvalue weighted by atomic mass is 16.5. The summed E-state index contributed by atoms with van der Waals surface area (Å²) in [5, 5.41) is 0. The smallest absolute Gasteiger partial charge is 0.123 e. The molecule has 0 spiro atoms. The standard InChI is InChI=1S/C28H28N2O4/c1-17-7-19(21-9-23(31-3)15-24(10-21)32-4)13-27(29-17)28-14-20(8-18(2)30-28)22-11-25(33-5)16-26(12-22)34-6/h7-16H,1-6H3. The SMILES string of the molecule is COc1cc(OC)cc(-c2cc(C)nc(-c3cc(-c4cc(OC)cc(OC)c4)cc(C)n3)c2)c1. The zero-order chi connectivity index (χ0) is 24.2. The van der Waals surface area contributed by atoms with Crippen molar-refractivity contribution in [2.24, 2.45) is 0 Å². The molecular formula is C28H28N2O4. The zero-order valence-electron chi connectivity index (χ0n) is 20.3. The fourth-order valence-electron chi connectivity index (χ4n) is 3.88. The average Bonchev–Trinajstić information content (AvgIpc) is 2.87. The van der Waals surface area contributed by atoms with Gasteiger partial charge in [-0.3, -0.25) is 9.97 Å². The maximum absolute atomic E-state index is 5.45. The van der Waals surface area contributed by atoms with Crippen LogP contribution in [0.15, 0.2) is 60.7 Å². The Bertz CT molecular complexity index is 1190. The predicted octanol–water partition coefficient (Wildman–Crippen LogP) is 6.13. The monoisotopic (exact) mass is 456 g/mol. The highest BCUT2D eigenvalue weighted by Crippen LogP contribution is 2.34. The number of aryl methyl sites for hydroxylation is 2. The number of hydrogen-bond donors (Lipinski definition) is 0. The molecule has 174 valence electrons. The van der Waals surface area contributed by atoms with Crippen LogP contribution in [0.3, 0.4) is 0 Å². The minimum absolute atomic E-state index is 0.730. The van der Waals surface area contributed by atoms with Crippen molar-refractivity contribution in [2.75, 3.05) is 28.4 Å². The van der Waals surface area contributed by atoms with Gasteiger partial charge in [0.05, 0.1) is 39.8 Å². The van der Waals surface area contributed by atoms with E-state index in [1.807, 2.05) is 74.5 Å². The second kappa shape index (κ2) is 9.83. The van der Waals surface area contributed by atoms with Gasteiger partial charge in [-0.1, -0.05) is 0 Å². The molecule has 0 aliphatic rings. The highest BCUT2D eigenvalue weighted by Gasteiger charge is 2.12. The second-order valence-electron chi connectivity index (χ2n) is 7.97. The molecule has 4 aromatic rings. The second-order valence-corrected chi connectivity index (χ2v) is 7.97. The Morgan fingerprint density at radius 1 is 0.412 bits per heavy atom. The van der Waals surface area contributed by atoms with Gasteiger partial charge in [0.2, 0.25) is 0 Å². The molecule has 0 aliphatic heterocycles. The summed E-state index contributed by atoms with van der Waals surface area (Å²) in [5.41, 5.74) is 7.33. The Balaban J connectivity index is 1.83. The lowest BCUT2D eigenvalue weighted by atomic mass is 10.0. The molecule has 0 aliphatic carbocycles. The van der Waals surface area contributed by atoms with Crippen molar-refractivity contribution < 1.29 is 18.9 Å². The van der Waals surface area contributed by atoms with Crippen LogP contribution >= 0.6 is 0 Å². The van der Waals surface area contributed by atoms with Gasteiger partial charge in [-0.25, -0.2) is 0 Å². The number of methoxy groups -OCH3 is 4. The first kappa shape index (κ1) is 23.1. The number of ether oxygens (including phenoxy) is 4. The van der Waals surface area contributed by atoms with E-state index >= 15 is 0 Å². The van der Waals surface area contributed by atoms with E-state index in [1.54, 1.807) is 28.4 Å². The Morgan fingerprint density at radius 3 is 1.00 bits per heavy atom. The van der Waals surface area contributed by atoms with Crippen molar-refractivity contribution >= 4 is 0 Å². The van der Waals surface area contributed by atoms with Gasteiger partial charge in [-0.15, -0.1) is 0 Å². The van der Waals surface area contributed by atoms with Gasteiger partial charge < -0.3 is 18.9 Å². The van der Waals surface area contributed by atoms with Crippen LogP contribution in [-0.4, -0.2) is 38.4 Å². The summed E-state index contributed by atoms with van der Waals surface area (Å²) in [6, 6.07) is 19.8. The number of rotatable bonds is 7. The van der Waals surface area contributed by atoms with Crippen LogP contribution in [0.2, 0.25) is 0 Å². The molecule has 0 bridgehead atoms. The van der Waals surface area contributed by atoms with Crippen LogP contribution in [0, 0.1) is 13.8 Å². The van der Waals surface area contributed by atoms with E-state index in [2.05, 4.69) is 0 Å². The largest absolute Gasteiger partial charge is 0.497 e. The number of hydrogen-bond acceptors (Lipinski definition) is 6. The molecule has 6 heteroatoms. The Morgan fingerprint density at radius 2 is 0.706 bits per heavy atom. The van der Waals surface area contributed by atoms with Gasteiger partial charge >= 0.3 is 0 Å². The lowest BCUT2D eigenvalue weighted by Gasteiger charge is -2.13. The summed E-state index contributed by atoms with van der Waals surface area (Å²) < 4.78 is 21.8. The van der Waals surface area contributed by atoms with Crippen LogP contribution in [-0.2, 0) is 0 Å². The van der Waals surface area contributed by atoms with Crippen LogP contribution in [0.4, 0.5) is 0 Å². The molecule has 0 fully saturated rings. The molecule has 2 aromatic heterocycles. The van der Waals surface area contributed by atoms with Crippen LogP contribution in [0.1, 0.15) is 11.4 Å². The molecule has 0 saturated carbocycles. The number of nitrogens with zero attached hydrogens (tertiary/aromatic N) is 2. The molecule has 0 radical (unpaired) electrons. The first-order valence-corrected chi connectivity index (χ1v) is 10.9. The zero-order valence-corrected chi connectivity index (χ0v) is 20.3. The third kappa shape index (κ3) is 4.96. The summed E-state index contributed by atoms with van der Waals surface area (Å²) in [5.74, 6) is 2.92. The summed E-state index contributed by atoms with van der Waals surface area (Å²) in [4.78, 5) is 9.57. The van der Waals surface area contributed by atoms with Gasteiger partial charge in [0, 0.05) is 23.5 Å². The van der Waals surface area contributed by atoms with Gasteiger partial charge in [0.25, 0.3) is 0 Å². The summed E-state index contributed by atoms with van der Waals surface area (Å²) >= 11 is 0. The summed E-state index contributed by atoms with van der Waals surface area (Å²) in [7, 11) is 6.59. The lowest BCUT2D eigenvalue weighted by Crippen LogP contribution is -1.96. The van der Waals surface area contributed by atoms with Crippen molar-refractivity contribution in [2.45, 2.75) is 13.8 Å². The number of benzene rings is 2. The maximum atomic E-state index is 5.45. The van der Waals surface area contributed by atoms with E-state index in [9.17, 15) is 0 Å². The van der Waals surface area contributed by atoms with Crippen molar-refractivity contribution in [3.63, 3.8) is 0 Å². The first-order valence-electron chi connectivity index (χ1n) is 10.9. The summed E-state index contributed by atoms with van der Waals surface area (Å²) in [6.45, 7) is 3.96. The third-order valence-electron chi connectivity index (χ3n) is 5.54. The van der Waals surface area contributed by atoms with Gasteiger partial charge in [-0.2, -0.15) is 0 Å². The quantitative estimate of drug-likeness (QED) is 0.333. The van der Waals surface area contributed by atoms with E-state index in [4.69, 9.17) is 28.9 Å². The van der Waals surface area contributed by atoms with Crippen LogP contribution in [0.5, 0.6) is 23.0 Å². The molecule has 2 heterocycles. The van der Waals surface area contributed by atoms with E-state index < -0.39 is 0 Å². The van der Waals surface area contributed by atoms with E-state index in [1.165, 1.54) is 0 Å². The average molecular weight is 457 g/mol. The minimum Gasteiger partial charge on any atom is -0.497 e.